The third-order valence-corrected chi connectivity index (χ3v) is 4.71. The smallest absolute Gasteiger partial charge is 0.272 e. The summed E-state index contributed by atoms with van der Waals surface area (Å²) in [6.07, 6.45) is 0.774. The molecule has 1 aliphatic rings. The standard InChI is InChI=1S/C15H14N4O2S/c20-15(13-10-7-21-5-4-11(10)18-19-13)16-6-9-2-1-3-12-14(9)22-8-17-12/h1-3,8H,4-7H2,(H,16,20)(H,18,19). The van der Waals surface area contributed by atoms with Gasteiger partial charge in [0.15, 0.2) is 5.69 Å². The molecule has 0 spiro atoms. The summed E-state index contributed by atoms with van der Waals surface area (Å²) in [5.74, 6) is -0.176. The minimum absolute atomic E-state index is 0.176. The van der Waals surface area contributed by atoms with Gasteiger partial charge in [0.25, 0.3) is 5.91 Å². The van der Waals surface area contributed by atoms with Crippen LogP contribution in [0, 0.1) is 0 Å². The summed E-state index contributed by atoms with van der Waals surface area (Å²) >= 11 is 1.58. The first-order chi connectivity index (χ1) is 10.8. The van der Waals surface area contributed by atoms with Crippen LogP contribution >= 0.6 is 11.3 Å². The average Bonchev–Trinajstić information content (AvgIpc) is 3.19. The molecule has 0 fully saturated rings. The fraction of sp³-hybridized carbons (Fsp3) is 0.267. The van der Waals surface area contributed by atoms with Gasteiger partial charge < -0.3 is 10.1 Å². The minimum Gasteiger partial charge on any atom is -0.376 e. The van der Waals surface area contributed by atoms with Crippen molar-refractivity contribution < 1.29 is 9.53 Å². The van der Waals surface area contributed by atoms with Gasteiger partial charge >= 0.3 is 0 Å². The summed E-state index contributed by atoms with van der Waals surface area (Å²) in [7, 11) is 0. The minimum atomic E-state index is -0.176. The molecule has 112 valence electrons. The van der Waals surface area contributed by atoms with E-state index >= 15 is 0 Å². The molecule has 1 aliphatic heterocycles. The van der Waals surface area contributed by atoms with E-state index in [-0.39, 0.29) is 5.91 Å². The number of nitrogens with zero attached hydrogens (tertiary/aromatic N) is 2. The first kappa shape index (κ1) is 13.4. The van der Waals surface area contributed by atoms with Crippen LogP contribution in [0.4, 0.5) is 0 Å². The highest BCUT2D eigenvalue weighted by atomic mass is 32.1. The van der Waals surface area contributed by atoms with Crippen LogP contribution in [0.25, 0.3) is 10.2 Å². The molecule has 0 unspecified atom stereocenters. The van der Waals surface area contributed by atoms with Crippen LogP contribution in [0.3, 0.4) is 0 Å². The number of aromatic nitrogens is 3. The summed E-state index contributed by atoms with van der Waals surface area (Å²) in [5.41, 5.74) is 6.15. The predicted molar refractivity (Wildman–Crippen MR) is 82.7 cm³/mol. The van der Waals surface area contributed by atoms with Crippen LogP contribution < -0.4 is 5.32 Å². The molecule has 7 heteroatoms. The van der Waals surface area contributed by atoms with Gasteiger partial charge in [-0.05, 0) is 11.6 Å². The highest BCUT2D eigenvalue weighted by molar-refractivity contribution is 7.16. The van der Waals surface area contributed by atoms with E-state index in [4.69, 9.17) is 4.74 Å². The Morgan fingerprint density at radius 1 is 1.45 bits per heavy atom. The van der Waals surface area contributed by atoms with Crippen LogP contribution in [0.15, 0.2) is 23.7 Å². The summed E-state index contributed by atoms with van der Waals surface area (Å²) in [6, 6.07) is 5.93. The lowest BCUT2D eigenvalue weighted by atomic mass is 10.1. The van der Waals surface area contributed by atoms with Crippen LogP contribution in [-0.2, 0) is 24.3 Å². The third kappa shape index (κ3) is 2.28. The van der Waals surface area contributed by atoms with E-state index in [1.54, 1.807) is 11.3 Å². The van der Waals surface area contributed by atoms with Crippen molar-refractivity contribution >= 4 is 27.5 Å². The number of hydrogen-bond acceptors (Lipinski definition) is 5. The molecule has 2 aromatic heterocycles. The monoisotopic (exact) mass is 314 g/mol. The number of thiazole rings is 1. The van der Waals surface area contributed by atoms with Gasteiger partial charge in [-0.1, -0.05) is 12.1 Å². The Bertz CT molecular complexity index is 839. The normalized spacial score (nSPS) is 14.0. The second kappa shape index (κ2) is 5.51. The van der Waals surface area contributed by atoms with Crippen molar-refractivity contribution in [3.8, 4) is 0 Å². The number of rotatable bonds is 3. The topological polar surface area (TPSA) is 79.9 Å². The molecule has 0 aliphatic carbocycles. The number of carbonyl (C=O) groups excluding carboxylic acids is 1. The fourth-order valence-corrected chi connectivity index (χ4v) is 3.45. The van der Waals surface area contributed by atoms with Gasteiger partial charge in [-0.3, -0.25) is 9.89 Å². The lowest BCUT2D eigenvalue weighted by Crippen LogP contribution is -2.25. The lowest BCUT2D eigenvalue weighted by Gasteiger charge is -2.12. The van der Waals surface area contributed by atoms with Gasteiger partial charge in [-0.15, -0.1) is 11.3 Å². The van der Waals surface area contributed by atoms with E-state index in [1.165, 1.54) is 0 Å². The van der Waals surface area contributed by atoms with Crippen molar-refractivity contribution in [2.24, 2.45) is 0 Å². The van der Waals surface area contributed by atoms with Crippen molar-refractivity contribution in [2.75, 3.05) is 6.61 Å². The molecular formula is C15H14N4O2S. The summed E-state index contributed by atoms with van der Waals surface area (Å²) in [6.45, 7) is 1.57. The highest BCUT2D eigenvalue weighted by Crippen LogP contribution is 2.22. The van der Waals surface area contributed by atoms with Crippen molar-refractivity contribution in [1.82, 2.24) is 20.5 Å². The van der Waals surface area contributed by atoms with E-state index in [9.17, 15) is 4.79 Å². The Morgan fingerprint density at radius 3 is 3.36 bits per heavy atom. The summed E-state index contributed by atoms with van der Waals surface area (Å²) < 4.78 is 6.52. The number of carbonyl (C=O) groups is 1. The van der Waals surface area contributed by atoms with Crippen molar-refractivity contribution in [3.05, 3.63) is 46.2 Å². The molecule has 1 amide bonds. The van der Waals surface area contributed by atoms with E-state index < -0.39 is 0 Å². The second-order valence-corrected chi connectivity index (χ2v) is 5.99. The van der Waals surface area contributed by atoms with Gasteiger partial charge in [0, 0.05) is 24.2 Å². The molecule has 3 aromatic rings. The quantitative estimate of drug-likeness (QED) is 0.775. The van der Waals surface area contributed by atoms with Crippen LogP contribution in [0.2, 0.25) is 0 Å². The Kier molecular flexibility index (Phi) is 3.36. The SMILES string of the molecule is O=C(NCc1cccc2ncsc12)c1n[nH]c2c1COCC2. The Morgan fingerprint density at radius 2 is 2.41 bits per heavy atom. The predicted octanol–water partition coefficient (Wildman–Crippen LogP) is 2.02. The van der Waals surface area contributed by atoms with Gasteiger partial charge in [0.1, 0.15) is 0 Å². The second-order valence-electron chi connectivity index (χ2n) is 5.13. The number of amides is 1. The maximum absolute atomic E-state index is 12.4. The molecule has 0 radical (unpaired) electrons. The van der Waals surface area contributed by atoms with E-state index in [1.807, 2.05) is 23.7 Å². The lowest BCUT2D eigenvalue weighted by molar-refractivity contribution is 0.0923. The van der Waals surface area contributed by atoms with E-state index in [2.05, 4.69) is 20.5 Å². The molecule has 0 saturated carbocycles. The number of H-pyrrole nitrogens is 1. The summed E-state index contributed by atoms with van der Waals surface area (Å²) in [5, 5.41) is 10.0. The van der Waals surface area contributed by atoms with Gasteiger partial charge in [-0.2, -0.15) is 5.10 Å². The van der Waals surface area contributed by atoms with Gasteiger partial charge in [-0.25, -0.2) is 4.98 Å². The zero-order chi connectivity index (χ0) is 14.9. The molecule has 22 heavy (non-hydrogen) atoms. The number of hydrogen-bond donors (Lipinski definition) is 2. The first-order valence-electron chi connectivity index (χ1n) is 7.06. The zero-order valence-electron chi connectivity index (χ0n) is 11.8. The maximum Gasteiger partial charge on any atom is 0.272 e. The molecule has 0 bridgehead atoms. The Hall–Kier alpha value is -2.25. The van der Waals surface area contributed by atoms with Crippen LogP contribution in [0.5, 0.6) is 0 Å². The fourth-order valence-electron chi connectivity index (χ4n) is 2.64. The zero-order valence-corrected chi connectivity index (χ0v) is 12.6. The Labute approximate surface area is 130 Å². The Balaban J connectivity index is 1.53. The number of benzene rings is 1. The number of fused-ring (bicyclic) bond motifs is 2. The largest absolute Gasteiger partial charge is 0.376 e. The number of nitrogens with one attached hydrogen (secondary N) is 2. The summed E-state index contributed by atoms with van der Waals surface area (Å²) in [4.78, 5) is 16.6. The molecular weight excluding hydrogens is 300 g/mol. The molecule has 0 atom stereocenters. The van der Waals surface area contributed by atoms with Crippen molar-refractivity contribution in [2.45, 2.75) is 19.6 Å². The molecule has 4 rings (SSSR count). The third-order valence-electron chi connectivity index (χ3n) is 3.79. The van der Waals surface area contributed by atoms with E-state index in [0.29, 0.717) is 25.5 Å². The van der Waals surface area contributed by atoms with Crippen LogP contribution in [-0.4, -0.2) is 27.7 Å². The van der Waals surface area contributed by atoms with Crippen LogP contribution in [0.1, 0.15) is 27.3 Å². The van der Waals surface area contributed by atoms with E-state index in [0.717, 1.165) is 33.5 Å². The van der Waals surface area contributed by atoms with Crippen molar-refractivity contribution in [3.63, 3.8) is 0 Å². The molecule has 3 heterocycles. The highest BCUT2D eigenvalue weighted by Gasteiger charge is 2.22. The van der Waals surface area contributed by atoms with Crippen molar-refractivity contribution in [1.29, 1.82) is 0 Å². The van der Waals surface area contributed by atoms with Gasteiger partial charge in [0.2, 0.25) is 0 Å². The molecule has 1 aromatic carbocycles. The number of ether oxygens (including phenoxy) is 1. The molecule has 6 nitrogen and oxygen atoms in total. The van der Waals surface area contributed by atoms with Gasteiger partial charge in [0.05, 0.1) is 28.9 Å². The molecule has 2 N–H and O–H groups in total. The first-order valence-corrected chi connectivity index (χ1v) is 7.94. The number of aromatic amines is 1. The molecule has 0 saturated heterocycles. The average molecular weight is 314 g/mol. The maximum atomic E-state index is 12.4.